The molecule has 0 saturated heterocycles. The van der Waals surface area contributed by atoms with Crippen LogP contribution in [0.2, 0.25) is 0 Å². The molecule has 0 aliphatic rings. The summed E-state index contributed by atoms with van der Waals surface area (Å²) in [4.78, 5) is 16.0. The zero-order valence-electron chi connectivity index (χ0n) is 10.3. The van der Waals surface area contributed by atoms with Crippen molar-refractivity contribution in [2.45, 2.75) is 13.5 Å². The Morgan fingerprint density at radius 3 is 2.61 bits per heavy atom. The number of rotatable bonds is 3. The summed E-state index contributed by atoms with van der Waals surface area (Å²) in [6, 6.07) is 8.40. The zero-order valence-corrected chi connectivity index (χ0v) is 10.3. The van der Waals surface area contributed by atoms with Gasteiger partial charge >= 0.3 is 0 Å². The Morgan fingerprint density at radius 2 is 2.00 bits per heavy atom. The van der Waals surface area contributed by atoms with Crippen molar-refractivity contribution in [2.75, 3.05) is 7.11 Å². The number of hydrogen-bond acceptors (Lipinski definition) is 4. The molecule has 2 aromatic rings. The topological polar surface area (TPSA) is 64.3 Å². The lowest BCUT2D eigenvalue weighted by Gasteiger charge is -2.10. The SMILES string of the molecule is COc1nc(C)cc(=O)n1Cc1ccc(O)cc1. The van der Waals surface area contributed by atoms with Gasteiger partial charge in [0.1, 0.15) is 5.75 Å². The van der Waals surface area contributed by atoms with E-state index in [1.165, 1.54) is 17.7 Å². The molecule has 2 rings (SSSR count). The summed E-state index contributed by atoms with van der Waals surface area (Å²) < 4.78 is 6.55. The summed E-state index contributed by atoms with van der Waals surface area (Å²) in [5, 5.41) is 9.21. The highest BCUT2D eigenvalue weighted by atomic mass is 16.5. The van der Waals surface area contributed by atoms with Gasteiger partial charge < -0.3 is 9.84 Å². The number of phenolic OH excluding ortho intramolecular Hbond substituents is 1. The van der Waals surface area contributed by atoms with Crippen LogP contribution < -0.4 is 10.3 Å². The second kappa shape index (κ2) is 4.91. The van der Waals surface area contributed by atoms with Gasteiger partial charge in [0, 0.05) is 11.8 Å². The van der Waals surface area contributed by atoms with Gasteiger partial charge in [-0.1, -0.05) is 12.1 Å². The Bertz CT molecular complexity index is 603. The van der Waals surface area contributed by atoms with Gasteiger partial charge in [-0.25, -0.2) is 4.98 Å². The average Bonchev–Trinajstić information content (AvgIpc) is 2.34. The van der Waals surface area contributed by atoms with Crippen molar-refractivity contribution in [3.63, 3.8) is 0 Å². The first kappa shape index (κ1) is 12.2. The van der Waals surface area contributed by atoms with E-state index >= 15 is 0 Å². The lowest BCUT2D eigenvalue weighted by molar-refractivity contribution is 0.350. The summed E-state index contributed by atoms with van der Waals surface area (Å²) in [5.41, 5.74) is 1.35. The van der Waals surface area contributed by atoms with Gasteiger partial charge in [0.2, 0.25) is 0 Å². The number of benzene rings is 1. The van der Waals surface area contributed by atoms with E-state index in [4.69, 9.17) is 4.74 Å². The number of hydrogen-bond donors (Lipinski definition) is 1. The van der Waals surface area contributed by atoms with E-state index in [0.29, 0.717) is 12.2 Å². The molecule has 0 saturated carbocycles. The Hall–Kier alpha value is -2.30. The fraction of sp³-hybridized carbons (Fsp3) is 0.231. The van der Waals surface area contributed by atoms with Gasteiger partial charge in [0.25, 0.3) is 11.6 Å². The fourth-order valence-corrected chi connectivity index (χ4v) is 1.68. The van der Waals surface area contributed by atoms with Crippen molar-refractivity contribution < 1.29 is 9.84 Å². The Balaban J connectivity index is 2.39. The van der Waals surface area contributed by atoms with Gasteiger partial charge in [-0.3, -0.25) is 9.36 Å². The molecule has 5 nitrogen and oxygen atoms in total. The molecule has 5 heteroatoms. The molecular weight excluding hydrogens is 232 g/mol. The molecule has 0 fully saturated rings. The molecular formula is C13H14N2O3. The Labute approximate surface area is 104 Å². The highest BCUT2D eigenvalue weighted by Crippen LogP contribution is 2.12. The molecule has 0 radical (unpaired) electrons. The summed E-state index contributed by atoms with van der Waals surface area (Å²) in [6.45, 7) is 2.10. The van der Waals surface area contributed by atoms with Crippen LogP contribution in [0, 0.1) is 6.92 Å². The van der Waals surface area contributed by atoms with Crippen LogP contribution in [0.5, 0.6) is 11.8 Å². The summed E-state index contributed by atoms with van der Waals surface area (Å²) in [7, 11) is 1.48. The van der Waals surface area contributed by atoms with Gasteiger partial charge in [-0.15, -0.1) is 0 Å². The molecule has 0 spiro atoms. The molecule has 18 heavy (non-hydrogen) atoms. The van der Waals surface area contributed by atoms with Crippen molar-refractivity contribution in [3.05, 3.63) is 51.9 Å². The van der Waals surface area contributed by atoms with Crippen molar-refractivity contribution in [1.82, 2.24) is 9.55 Å². The second-order valence-corrected chi connectivity index (χ2v) is 3.98. The first-order valence-corrected chi connectivity index (χ1v) is 5.50. The van der Waals surface area contributed by atoms with Gasteiger partial charge in [-0.2, -0.15) is 0 Å². The van der Waals surface area contributed by atoms with Crippen molar-refractivity contribution in [3.8, 4) is 11.8 Å². The number of nitrogens with zero attached hydrogens (tertiary/aromatic N) is 2. The minimum atomic E-state index is -0.160. The second-order valence-electron chi connectivity index (χ2n) is 3.98. The molecule has 1 heterocycles. The zero-order chi connectivity index (χ0) is 13.1. The summed E-state index contributed by atoms with van der Waals surface area (Å²) >= 11 is 0. The normalized spacial score (nSPS) is 10.3. The van der Waals surface area contributed by atoms with Crippen LogP contribution in [-0.2, 0) is 6.54 Å². The third-order valence-electron chi connectivity index (χ3n) is 2.56. The summed E-state index contributed by atoms with van der Waals surface area (Å²) in [5.74, 6) is 0.195. The van der Waals surface area contributed by atoms with E-state index in [2.05, 4.69) is 4.98 Å². The third-order valence-corrected chi connectivity index (χ3v) is 2.56. The molecule has 1 aromatic heterocycles. The Kier molecular flexibility index (Phi) is 3.32. The van der Waals surface area contributed by atoms with Crippen molar-refractivity contribution >= 4 is 0 Å². The minimum absolute atomic E-state index is 0.160. The number of aromatic nitrogens is 2. The van der Waals surface area contributed by atoms with E-state index in [-0.39, 0.29) is 17.3 Å². The van der Waals surface area contributed by atoms with Crippen LogP contribution in [0.1, 0.15) is 11.3 Å². The number of aromatic hydroxyl groups is 1. The molecule has 0 amide bonds. The number of phenols is 1. The molecule has 1 N–H and O–H groups in total. The van der Waals surface area contributed by atoms with E-state index in [1.807, 2.05) is 0 Å². The molecule has 0 aliphatic heterocycles. The number of aryl methyl sites for hydroxylation is 1. The highest BCUT2D eigenvalue weighted by Gasteiger charge is 2.07. The lowest BCUT2D eigenvalue weighted by atomic mass is 10.2. The minimum Gasteiger partial charge on any atom is -0.508 e. The van der Waals surface area contributed by atoms with Crippen LogP contribution in [0.3, 0.4) is 0 Å². The van der Waals surface area contributed by atoms with Crippen LogP contribution in [0.25, 0.3) is 0 Å². The van der Waals surface area contributed by atoms with Crippen LogP contribution in [0.4, 0.5) is 0 Å². The van der Waals surface area contributed by atoms with Gasteiger partial charge in [-0.05, 0) is 24.6 Å². The predicted molar refractivity (Wildman–Crippen MR) is 67.0 cm³/mol. The van der Waals surface area contributed by atoms with E-state index in [0.717, 1.165) is 5.56 Å². The molecule has 94 valence electrons. The van der Waals surface area contributed by atoms with E-state index < -0.39 is 0 Å². The van der Waals surface area contributed by atoms with Crippen LogP contribution in [0.15, 0.2) is 35.1 Å². The first-order valence-electron chi connectivity index (χ1n) is 5.50. The molecule has 0 atom stereocenters. The maximum absolute atomic E-state index is 11.9. The molecule has 1 aromatic carbocycles. The van der Waals surface area contributed by atoms with Gasteiger partial charge in [0.15, 0.2) is 0 Å². The monoisotopic (exact) mass is 246 g/mol. The van der Waals surface area contributed by atoms with Gasteiger partial charge in [0.05, 0.1) is 13.7 Å². The van der Waals surface area contributed by atoms with E-state index in [9.17, 15) is 9.90 Å². The maximum atomic E-state index is 11.9. The molecule has 0 aliphatic carbocycles. The number of ether oxygens (including phenoxy) is 1. The van der Waals surface area contributed by atoms with E-state index in [1.54, 1.807) is 31.2 Å². The van der Waals surface area contributed by atoms with Crippen LogP contribution in [-0.4, -0.2) is 21.8 Å². The fourth-order valence-electron chi connectivity index (χ4n) is 1.68. The maximum Gasteiger partial charge on any atom is 0.299 e. The lowest BCUT2D eigenvalue weighted by Crippen LogP contribution is -2.23. The molecule has 0 unspecified atom stereocenters. The number of methoxy groups -OCH3 is 1. The van der Waals surface area contributed by atoms with Crippen LogP contribution >= 0.6 is 0 Å². The molecule has 0 bridgehead atoms. The smallest absolute Gasteiger partial charge is 0.299 e. The Morgan fingerprint density at radius 1 is 1.33 bits per heavy atom. The predicted octanol–water partition coefficient (Wildman–Crippen LogP) is 1.31. The van der Waals surface area contributed by atoms with Crippen molar-refractivity contribution in [2.24, 2.45) is 0 Å². The quantitative estimate of drug-likeness (QED) is 0.887. The largest absolute Gasteiger partial charge is 0.508 e. The standard InChI is InChI=1S/C13H14N2O3/c1-9-7-12(17)15(13(14-9)18-2)8-10-3-5-11(16)6-4-10/h3-7,16H,8H2,1-2H3. The third kappa shape index (κ3) is 2.51. The first-order chi connectivity index (χ1) is 8.60. The highest BCUT2D eigenvalue weighted by molar-refractivity contribution is 5.26. The average molecular weight is 246 g/mol. The van der Waals surface area contributed by atoms with Crippen molar-refractivity contribution in [1.29, 1.82) is 0 Å². The summed E-state index contributed by atoms with van der Waals surface area (Å²) in [6.07, 6.45) is 0.